The van der Waals surface area contributed by atoms with Gasteiger partial charge < -0.3 is 25.2 Å². The summed E-state index contributed by atoms with van der Waals surface area (Å²) in [6, 6.07) is 9.93. The molecule has 0 aliphatic heterocycles. The fourth-order valence-electron chi connectivity index (χ4n) is 4.97. The van der Waals surface area contributed by atoms with E-state index >= 15 is 0 Å². The summed E-state index contributed by atoms with van der Waals surface area (Å²) in [7, 11) is 0. The maximum Gasteiger partial charge on any atom is 0.309 e. The van der Waals surface area contributed by atoms with Crippen LogP contribution in [0.25, 0.3) is 0 Å². The van der Waals surface area contributed by atoms with E-state index in [-0.39, 0.29) is 56.5 Å². The number of allylic oxidation sites excluding steroid dienone is 2. The summed E-state index contributed by atoms with van der Waals surface area (Å²) in [5.41, 5.74) is 0.464. The number of aliphatic hydroxyl groups excluding tert-OH is 1. The van der Waals surface area contributed by atoms with Gasteiger partial charge in [-0.05, 0) is 50.5 Å². The van der Waals surface area contributed by atoms with E-state index in [9.17, 15) is 14.4 Å². The molecule has 1 saturated carbocycles. The Morgan fingerprint density at radius 3 is 2.46 bits per heavy atom. The third kappa shape index (κ3) is 12.2. The topological polar surface area (TPSA) is 114 Å². The monoisotopic (exact) mass is 542 g/mol. The van der Waals surface area contributed by atoms with Crippen LogP contribution in [0.1, 0.15) is 63.4 Å². The first-order chi connectivity index (χ1) is 18.9. The number of amides is 2. The number of hydrogen-bond donors (Lipinski definition) is 3. The van der Waals surface area contributed by atoms with E-state index < -0.39 is 11.5 Å². The van der Waals surface area contributed by atoms with E-state index in [2.05, 4.69) is 23.8 Å². The van der Waals surface area contributed by atoms with Crippen molar-refractivity contribution in [1.29, 1.82) is 0 Å². The Kier molecular flexibility index (Phi) is 15.2. The van der Waals surface area contributed by atoms with Gasteiger partial charge in [-0.15, -0.1) is 13.2 Å². The molecule has 2 atom stereocenters. The first kappa shape index (κ1) is 32.2. The summed E-state index contributed by atoms with van der Waals surface area (Å²) in [5, 5.41) is 14.7. The number of ether oxygens (including phenoxy) is 2. The summed E-state index contributed by atoms with van der Waals surface area (Å²) < 4.78 is 11.0. The third-order valence-corrected chi connectivity index (χ3v) is 7.12. The average molecular weight is 543 g/mol. The molecule has 216 valence electrons. The van der Waals surface area contributed by atoms with Crippen LogP contribution in [0.15, 0.2) is 55.6 Å². The van der Waals surface area contributed by atoms with E-state index in [4.69, 9.17) is 14.6 Å². The Hall–Kier alpha value is -2.97. The van der Waals surface area contributed by atoms with Gasteiger partial charge in [0, 0.05) is 13.0 Å². The lowest BCUT2D eigenvalue weighted by atomic mass is 9.93. The molecule has 0 bridgehead atoms. The lowest BCUT2D eigenvalue weighted by molar-refractivity contribution is -0.152. The molecule has 1 aliphatic carbocycles. The quantitative estimate of drug-likeness (QED) is 0.131. The van der Waals surface area contributed by atoms with E-state index in [0.717, 1.165) is 44.1 Å². The van der Waals surface area contributed by atoms with E-state index in [1.165, 1.54) is 0 Å². The van der Waals surface area contributed by atoms with Gasteiger partial charge in [0.15, 0.2) is 0 Å². The van der Waals surface area contributed by atoms with Crippen molar-refractivity contribution in [2.24, 2.45) is 11.8 Å². The molecule has 8 nitrogen and oxygen atoms in total. The first-order valence-corrected chi connectivity index (χ1v) is 14.1. The van der Waals surface area contributed by atoms with Crippen LogP contribution in [0.4, 0.5) is 0 Å². The van der Waals surface area contributed by atoms with Crippen LogP contribution in [0.3, 0.4) is 0 Å². The highest BCUT2D eigenvalue weighted by Crippen LogP contribution is 2.31. The fraction of sp³-hybridized carbons (Fsp3) is 0.581. The molecule has 0 saturated heterocycles. The van der Waals surface area contributed by atoms with E-state index in [1.807, 2.05) is 36.4 Å². The molecule has 0 spiro atoms. The SMILES string of the molecule is C=CCCC[C@H](Cc1ccccc1)C(=O)OCC1(NC(=O)[C@H](CC=C)CC(=O)NCCOCCO)CCCC1. The van der Waals surface area contributed by atoms with Gasteiger partial charge in [0.2, 0.25) is 11.8 Å². The Balaban J connectivity index is 1.97. The number of rotatable bonds is 20. The van der Waals surface area contributed by atoms with Crippen LogP contribution in [-0.2, 0) is 30.3 Å². The molecule has 1 fully saturated rings. The minimum atomic E-state index is -0.626. The number of benzene rings is 1. The van der Waals surface area contributed by atoms with E-state index in [0.29, 0.717) is 25.8 Å². The minimum absolute atomic E-state index is 0.0240. The molecule has 0 radical (unpaired) electrons. The van der Waals surface area contributed by atoms with Crippen LogP contribution in [0.5, 0.6) is 0 Å². The zero-order valence-corrected chi connectivity index (χ0v) is 23.2. The molecule has 2 rings (SSSR count). The number of carbonyl (C=O) groups excluding carboxylic acids is 3. The summed E-state index contributed by atoms with van der Waals surface area (Å²) >= 11 is 0. The predicted molar refractivity (Wildman–Crippen MR) is 152 cm³/mol. The Morgan fingerprint density at radius 2 is 1.79 bits per heavy atom. The van der Waals surface area contributed by atoms with Crippen molar-refractivity contribution in [3.05, 3.63) is 61.2 Å². The highest BCUT2D eigenvalue weighted by molar-refractivity contribution is 5.86. The van der Waals surface area contributed by atoms with Gasteiger partial charge in [0.1, 0.15) is 6.61 Å². The molecule has 0 heterocycles. The van der Waals surface area contributed by atoms with Crippen molar-refractivity contribution in [2.75, 3.05) is 33.0 Å². The summed E-state index contributed by atoms with van der Waals surface area (Å²) in [4.78, 5) is 38.9. The lowest BCUT2D eigenvalue weighted by Gasteiger charge is -2.32. The average Bonchev–Trinajstić information content (AvgIpc) is 3.40. The molecule has 0 aromatic heterocycles. The number of nitrogens with one attached hydrogen (secondary N) is 2. The molecule has 2 amide bonds. The number of aliphatic hydroxyl groups is 1. The van der Waals surface area contributed by atoms with Crippen molar-refractivity contribution >= 4 is 17.8 Å². The highest BCUT2D eigenvalue weighted by Gasteiger charge is 2.39. The Morgan fingerprint density at radius 1 is 1.05 bits per heavy atom. The normalized spacial score (nSPS) is 15.6. The van der Waals surface area contributed by atoms with Crippen LogP contribution in [-0.4, -0.2) is 61.4 Å². The van der Waals surface area contributed by atoms with Crippen molar-refractivity contribution in [1.82, 2.24) is 10.6 Å². The van der Waals surface area contributed by atoms with Crippen molar-refractivity contribution in [3.63, 3.8) is 0 Å². The predicted octanol–water partition coefficient (Wildman–Crippen LogP) is 3.88. The van der Waals surface area contributed by atoms with Gasteiger partial charge in [0.05, 0.1) is 37.2 Å². The molecule has 0 unspecified atom stereocenters. The van der Waals surface area contributed by atoms with Gasteiger partial charge in [-0.2, -0.15) is 0 Å². The number of hydrogen-bond acceptors (Lipinski definition) is 6. The van der Waals surface area contributed by atoms with Gasteiger partial charge in [-0.1, -0.05) is 55.3 Å². The zero-order chi connectivity index (χ0) is 28.3. The maximum atomic E-state index is 13.3. The van der Waals surface area contributed by atoms with Gasteiger partial charge in [-0.25, -0.2) is 0 Å². The zero-order valence-electron chi connectivity index (χ0n) is 23.2. The minimum Gasteiger partial charge on any atom is -0.463 e. The van der Waals surface area contributed by atoms with Crippen molar-refractivity contribution in [3.8, 4) is 0 Å². The molecule has 3 N–H and O–H groups in total. The third-order valence-electron chi connectivity index (χ3n) is 7.12. The summed E-state index contributed by atoms with van der Waals surface area (Å²) in [5.74, 6) is -1.56. The first-order valence-electron chi connectivity index (χ1n) is 14.1. The second-order valence-electron chi connectivity index (χ2n) is 10.3. The lowest BCUT2D eigenvalue weighted by Crippen LogP contribution is -2.52. The second-order valence-corrected chi connectivity index (χ2v) is 10.3. The smallest absolute Gasteiger partial charge is 0.309 e. The van der Waals surface area contributed by atoms with Crippen LogP contribution < -0.4 is 10.6 Å². The van der Waals surface area contributed by atoms with Crippen molar-refractivity contribution in [2.45, 2.75) is 69.7 Å². The molecule has 39 heavy (non-hydrogen) atoms. The van der Waals surface area contributed by atoms with Crippen molar-refractivity contribution < 1.29 is 29.0 Å². The molecule has 8 heteroatoms. The van der Waals surface area contributed by atoms with Crippen LogP contribution in [0.2, 0.25) is 0 Å². The van der Waals surface area contributed by atoms with Gasteiger partial charge in [0.25, 0.3) is 0 Å². The number of esters is 1. The summed E-state index contributed by atoms with van der Waals surface area (Å²) in [6.45, 7) is 8.39. The molecular formula is C31H46N2O6. The fourth-order valence-corrected chi connectivity index (χ4v) is 4.97. The molecule has 1 aromatic rings. The molecule has 1 aromatic carbocycles. The van der Waals surface area contributed by atoms with Crippen LogP contribution in [0, 0.1) is 11.8 Å². The van der Waals surface area contributed by atoms with Gasteiger partial charge >= 0.3 is 5.97 Å². The standard InChI is InChI=1S/C31H46N2O6/c1-3-5-7-15-27(22-25-13-8-6-9-14-25)30(37)39-24-31(16-10-11-17-31)33-29(36)26(12-4-2)23-28(35)32-18-20-38-21-19-34/h3-4,6,8-9,13-14,26-27,34H,1-2,5,7,10-12,15-24H2,(H,32,35)(H,33,36)/t26-,27-/m1/s1. The second kappa shape index (κ2) is 18.3. The number of carbonyl (C=O) groups is 3. The van der Waals surface area contributed by atoms with E-state index in [1.54, 1.807) is 6.08 Å². The Bertz CT molecular complexity index is 898. The van der Waals surface area contributed by atoms with Crippen LogP contribution >= 0.6 is 0 Å². The molecular weight excluding hydrogens is 496 g/mol. The highest BCUT2D eigenvalue weighted by atomic mass is 16.5. The van der Waals surface area contributed by atoms with Gasteiger partial charge in [-0.3, -0.25) is 14.4 Å². The largest absolute Gasteiger partial charge is 0.463 e. The summed E-state index contributed by atoms with van der Waals surface area (Å²) in [6.07, 6.45) is 10.2. The number of unbranched alkanes of at least 4 members (excludes halogenated alkanes) is 1. The molecule has 1 aliphatic rings. The Labute approximate surface area is 233 Å². The maximum absolute atomic E-state index is 13.3.